The molecule has 0 radical (unpaired) electrons. The fraction of sp³-hybridized carbons (Fsp3) is 0.500. The third-order valence-corrected chi connectivity index (χ3v) is 4.66. The number of benzene rings is 1. The van der Waals surface area contributed by atoms with Crippen LogP contribution in [0.15, 0.2) is 30.3 Å². The van der Waals surface area contributed by atoms with Crippen molar-refractivity contribution in [3.8, 4) is 0 Å². The molecule has 1 N–H and O–H groups in total. The van der Waals surface area contributed by atoms with Crippen LogP contribution in [0, 0.1) is 5.92 Å². The van der Waals surface area contributed by atoms with Crippen LogP contribution in [0.4, 0.5) is 0 Å². The first-order valence-corrected chi connectivity index (χ1v) is 8.58. The van der Waals surface area contributed by atoms with E-state index < -0.39 is 12.1 Å². The van der Waals surface area contributed by atoms with Gasteiger partial charge in [0.2, 0.25) is 11.8 Å². The Morgan fingerprint density at radius 2 is 1.95 bits per heavy atom. The standard InChI is InChI=1S/C16H22N2O2S/c1-11(10-21-3)9-18-12(2)15(19)17-14(16(18)20)13-7-5-4-6-8-13/h4-8,11-12,14H,9-10H2,1-3H3,(H,17,19). The third kappa shape index (κ3) is 3.59. The number of nitrogens with one attached hydrogen (secondary N) is 1. The Labute approximate surface area is 130 Å². The van der Waals surface area contributed by atoms with Gasteiger partial charge in [-0.2, -0.15) is 11.8 Å². The first-order valence-electron chi connectivity index (χ1n) is 7.19. The van der Waals surface area contributed by atoms with Gasteiger partial charge in [0, 0.05) is 6.54 Å². The van der Waals surface area contributed by atoms with Gasteiger partial charge in [-0.25, -0.2) is 0 Å². The van der Waals surface area contributed by atoms with E-state index in [4.69, 9.17) is 0 Å². The van der Waals surface area contributed by atoms with Crippen molar-refractivity contribution in [3.63, 3.8) is 0 Å². The molecule has 3 unspecified atom stereocenters. The van der Waals surface area contributed by atoms with Crippen LogP contribution >= 0.6 is 11.8 Å². The number of nitrogens with zero attached hydrogens (tertiary/aromatic N) is 1. The summed E-state index contributed by atoms with van der Waals surface area (Å²) in [5.41, 5.74) is 0.838. The van der Waals surface area contributed by atoms with Crippen LogP contribution in [-0.2, 0) is 9.59 Å². The van der Waals surface area contributed by atoms with Crippen LogP contribution in [0.3, 0.4) is 0 Å². The molecule has 1 aromatic rings. The van der Waals surface area contributed by atoms with Crippen molar-refractivity contribution in [1.29, 1.82) is 0 Å². The molecule has 0 aromatic heterocycles. The number of hydrogen-bond acceptors (Lipinski definition) is 3. The Hall–Kier alpha value is -1.49. The number of amides is 2. The highest BCUT2D eigenvalue weighted by Gasteiger charge is 2.39. The Morgan fingerprint density at radius 3 is 2.57 bits per heavy atom. The lowest BCUT2D eigenvalue weighted by atomic mass is 10.00. The second-order valence-electron chi connectivity index (χ2n) is 5.58. The van der Waals surface area contributed by atoms with E-state index in [-0.39, 0.29) is 11.8 Å². The average Bonchev–Trinajstić information content (AvgIpc) is 2.48. The van der Waals surface area contributed by atoms with Gasteiger partial charge in [-0.3, -0.25) is 9.59 Å². The van der Waals surface area contributed by atoms with E-state index in [0.717, 1.165) is 11.3 Å². The quantitative estimate of drug-likeness (QED) is 0.906. The van der Waals surface area contributed by atoms with E-state index in [0.29, 0.717) is 12.5 Å². The van der Waals surface area contributed by atoms with E-state index in [9.17, 15) is 9.59 Å². The molecule has 2 amide bonds. The number of piperazine rings is 1. The number of rotatable bonds is 5. The smallest absolute Gasteiger partial charge is 0.250 e. The minimum absolute atomic E-state index is 0.0127. The van der Waals surface area contributed by atoms with Gasteiger partial charge in [-0.05, 0) is 30.4 Å². The monoisotopic (exact) mass is 306 g/mol. The summed E-state index contributed by atoms with van der Waals surface area (Å²) in [7, 11) is 0. The minimum Gasteiger partial charge on any atom is -0.339 e. The summed E-state index contributed by atoms with van der Waals surface area (Å²) in [6.07, 6.45) is 2.05. The summed E-state index contributed by atoms with van der Waals surface area (Å²) < 4.78 is 0. The fourth-order valence-electron chi connectivity index (χ4n) is 2.62. The van der Waals surface area contributed by atoms with Gasteiger partial charge in [-0.1, -0.05) is 37.3 Å². The van der Waals surface area contributed by atoms with E-state index in [1.165, 1.54) is 0 Å². The maximum absolute atomic E-state index is 12.7. The molecule has 1 fully saturated rings. The normalized spacial score (nSPS) is 23.9. The second kappa shape index (κ2) is 6.98. The van der Waals surface area contributed by atoms with Crippen LogP contribution in [0.25, 0.3) is 0 Å². The summed E-state index contributed by atoms with van der Waals surface area (Å²) in [6, 6.07) is 8.46. The maximum atomic E-state index is 12.7. The molecule has 0 spiro atoms. The maximum Gasteiger partial charge on any atom is 0.250 e. The molecule has 1 aliphatic heterocycles. The van der Waals surface area contributed by atoms with Crippen LogP contribution in [-0.4, -0.2) is 41.3 Å². The summed E-state index contributed by atoms with van der Waals surface area (Å²) >= 11 is 1.76. The highest BCUT2D eigenvalue weighted by Crippen LogP contribution is 2.23. The largest absolute Gasteiger partial charge is 0.339 e. The lowest BCUT2D eigenvalue weighted by Gasteiger charge is -2.38. The van der Waals surface area contributed by atoms with Gasteiger partial charge in [0.25, 0.3) is 0 Å². The zero-order chi connectivity index (χ0) is 15.4. The molecular formula is C16H22N2O2S. The molecule has 21 heavy (non-hydrogen) atoms. The number of hydrogen-bond donors (Lipinski definition) is 1. The SMILES string of the molecule is CSCC(C)CN1C(=O)C(c2ccccc2)NC(=O)C1C. The Bertz CT molecular complexity index is 506. The molecule has 114 valence electrons. The number of carbonyl (C=O) groups excluding carboxylic acids is 2. The van der Waals surface area contributed by atoms with Crippen LogP contribution in [0.5, 0.6) is 0 Å². The van der Waals surface area contributed by atoms with E-state index in [1.807, 2.05) is 30.3 Å². The zero-order valence-corrected chi connectivity index (χ0v) is 13.5. The van der Waals surface area contributed by atoms with Crippen molar-refractivity contribution >= 4 is 23.6 Å². The lowest BCUT2D eigenvalue weighted by molar-refractivity contribution is -0.149. The van der Waals surface area contributed by atoms with Crippen molar-refractivity contribution in [3.05, 3.63) is 35.9 Å². The lowest BCUT2D eigenvalue weighted by Crippen LogP contribution is -2.59. The van der Waals surface area contributed by atoms with Crippen molar-refractivity contribution in [2.24, 2.45) is 5.92 Å². The predicted molar refractivity (Wildman–Crippen MR) is 86.0 cm³/mol. The molecule has 1 heterocycles. The van der Waals surface area contributed by atoms with Gasteiger partial charge in [0.05, 0.1) is 0 Å². The molecule has 5 heteroatoms. The van der Waals surface area contributed by atoms with Gasteiger partial charge in [-0.15, -0.1) is 0 Å². The second-order valence-corrected chi connectivity index (χ2v) is 6.49. The Balaban J connectivity index is 2.19. The predicted octanol–water partition coefficient (Wildman–Crippen LogP) is 2.07. The van der Waals surface area contributed by atoms with Gasteiger partial charge in [0.15, 0.2) is 0 Å². The number of thioether (sulfide) groups is 1. The van der Waals surface area contributed by atoms with Crippen molar-refractivity contribution < 1.29 is 9.59 Å². The molecule has 1 aliphatic rings. The van der Waals surface area contributed by atoms with Crippen molar-refractivity contribution in [1.82, 2.24) is 10.2 Å². The molecule has 3 atom stereocenters. The zero-order valence-electron chi connectivity index (χ0n) is 12.7. The van der Waals surface area contributed by atoms with Gasteiger partial charge in [0.1, 0.15) is 12.1 Å². The summed E-state index contributed by atoms with van der Waals surface area (Å²) in [5.74, 6) is 1.25. The topological polar surface area (TPSA) is 49.4 Å². The van der Waals surface area contributed by atoms with Crippen molar-refractivity contribution in [2.75, 3.05) is 18.6 Å². The molecule has 1 aromatic carbocycles. The molecular weight excluding hydrogens is 284 g/mol. The van der Waals surface area contributed by atoms with E-state index in [1.54, 1.807) is 23.6 Å². The summed E-state index contributed by atoms with van der Waals surface area (Å²) in [4.78, 5) is 26.6. The van der Waals surface area contributed by atoms with Crippen LogP contribution in [0.1, 0.15) is 25.5 Å². The molecule has 0 bridgehead atoms. The van der Waals surface area contributed by atoms with Crippen LogP contribution < -0.4 is 5.32 Å². The van der Waals surface area contributed by atoms with E-state index >= 15 is 0 Å². The average molecular weight is 306 g/mol. The fourth-order valence-corrected chi connectivity index (χ4v) is 3.29. The van der Waals surface area contributed by atoms with Crippen molar-refractivity contribution in [2.45, 2.75) is 25.9 Å². The summed E-state index contributed by atoms with van der Waals surface area (Å²) in [6.45, 7) is 4.53. The summed E-state index contributed by atoms with van der Waals surface area (Å²) in [5, 5.41) is 2.83. The third-order valence-electron chi connectivity index (χ3n) is 3.76. The van der Waals surface area contributed by atoms with Crippen LogP contribution in [0.2, 0.25) is 0 Å². The highest BCUT2D eigenvalue weighted by molar-refractivity contribution is 7.98. The van der Waals surface area contributed by atoms with E-state index in [2.05, 4.69) is 18.5 Å². The molecule has 0 aliphatic carbocycles. The first kappa shape index (κ1) is 15.9. The first-order chi connectivity index (χ1) is 10.0. The number of carbonyl (C=O) groups is 2. The molecule has 1 saturated heterocycles. The highest BCUT2D eigenvalue weighted by atomic mass is 32.2. The van der Waals surface area contributed by atoms with Gasteiger partial charge >= 0.3 is 0 Å². The molecule has 0 saturated carbocycles. The Morgan fingerprint density at radius 1 is 1.29 bits per heavy atom. The van der Waals surface area contributed by atoms with Gasteiger partial charge < -0.3 is 10.2 Å². The molecule has 2 rings (SSSR count). The Kier molecular flexibility index (Phi) is 5.28. The minimum atomic E-state index is -0.559. The molecule has 4 nitrogen and oxygen atoms in total.